The second kappa shape index (κ2) is 6.54. The van der Waals surface area contributed by atoms with E-state index in [1.54, 1.807) is 17.5 Å². The molecule has 1 saturated carbocycles. The first kappa shape index (κ1) is 13.8. The van der Waals surface area contributed by atoms with Crippen LogP contribution in [0.25, 0.3) is 0 Å². The predicted octanol–water partition coefficient (Wildman–Crippen LogP) is 2.46. The quantitative estimate of drug-likeness (QED) is 0.847. The molecule has 5 nitrogen and oxygen atoms in total. The molecule has 2 heterocycles. The van der Waals surface area contributed by atoms with Gasteiger partial charge < -0.3 is 15.4 Å². The van der Waals surface area contributed by atoms with Crippen molar-refractivity contribution in [3.63, 3.8) is 0 Å². The zero-order valence-corrected chi connectivity index (χ0v) is 12.3. The third-order valence-electron chi connectivity index (χ3n) is 3.87. The van der Waals surface area contributed by atoms with Gasteiger partial charge >= 0.3 is 6.03 Å². The van der Waals surface area contributed by atoms with Crippen LogP contribution < -0.4 is 10.6 Å². The van der Waals surface area contributed by atoms with Gasteiger partial charge in [-0.3, -0.25) is 0 Å². The van der Waals surface area contributed by atoms with E-state index in [4.69, 9.17) is 4.74 Å². The second-order valence-electron chi connectivity index (χ2n) is 5.51. The number of thiazole rings is 1. The van der Waals surface area contributed by atoms with Gasteiger partial charge in [-0.2, -0.15) is 0 Å². The Balaban J connectivity index is 1.42. The van der Waals surface area contributed by atoms with Gasteiger partial charge in [0.25, 0.3) is 0 Å². The van der Waals surface area contributed by atoms with Crippen LogP contribution in [-0.4, -0.2) is 30.3 Å². The lowest BCUT2D eigenvalue weighted by Gasteiger charge is -2.17. The summed E-state index contributed by atoms with van der Waals surface area (Å²) < 4.78 is 5.54. The van der Waals surface area contributed by atoms with E-state index in [1.807, 2.05) is 5.38 Å². The maximum atomic E-state index is 12.0. The first-order valence-corrected chi connectivity index (χ1v) is 8.26. The van der Waals surface area contributed by atoms with E-state index in [2.05, 4.69) is 15.6 Å². The Kier molecular flexibility index (Phi) is 4.52. The van der Waals surface area contributed by atoms with Crippen LogP contribution in [0.2, 0.25) is 0 Å². The summed E-state index contributed by atoms with van der Waals surface area (Å²) in [4.78, 5) is 16.3. The molecular formula is C14H21N3O2S. The monoisotopic (exact) mass is 295 g/mol. The Morgan fingerprint density at radius 3 is 3.05 bits per heavy atom. The molecule has 1 aliphatic carbocycles. The summed E-state index contributed by atoms with van der Waals surface area (Å²) in [7, 11) is 0. The van der Waals surface area contributed by atoms with E-state index in [-0.39, 0.29) is 12.1 Å². The molecule has 0 unspecified atom stereocenters. The number of nitrogens with one attached hydrogen (secondary N) is 2. The van der Waals surface area contributed by atoms with Crippen LogP contribution in [0.5, 0.6) is 0 Å². The molecule has 1 aromatic heterocycles. The first-order valence-electron chi connectivity index (χ1n) is 7.38. The first-order chi connectivity index (χ1) is 9.83. The zero-order chi connectivity index (χ0) is 13.8. The van der Waals surface area contributed by atoms with Crippen molar-refractivity contribution in [2.24, 2.45) is 5.92 Å². The summed E-state index contributed by atoms with van der Waals surface area (Å²) in [5, 5.41) is 8.97. The normalized spacial score (nSPS) is 23.5. The van der Waals surface area contributed by atoms with Crippen LogP contribution in [0.15, 0.2) is 11.6 Å². The van der Waals surface area contributed by atoms with Gasteiger partial charge in [0.2, 0.25) is 0 Å². The number of nitrogens with zero attached hydrogens (tertiary/aromatic N) is 1. The van der Waals surface area contributed by atoms with Crippen molar-refractivity contribution in [2.45, 2.75) is 44.2 Å². The lowest BCUT2D eigenvalue weighted by molar-refractivity contribution is 0.104. The van der Waals surface area contributed by atoms with Gasteiger partial charge in [-0.05, 0) is 38.0 Å². The molecule has 1 aromatic rings. The van der Waals surface area contributed by atoms with Crippen molar-refractivity contribution < 1.29 is 9.53 Å². The van der Waals surface area contributed by atoms with E-state index in [1.165, 1.54) is 12.8 Å². The topological polar surface area (TPSA) is 63.2 Å². The van der Waals surface area contributed by atoms with Crippen molar-refractivity contribution in [1.29, 1.82) is 0 Å². The molecule has 20 heavy (non-hydrogen) atoms. The van der Waals surface area contributed by atoms with Crippen molar-refractivity contribution in [3.8, 4) is 0 Å². The molecule has 1 aliphatic heterocycles. The molecule has 2 aliphatic rings. The minimum Gasteiger partial charge on any atom is -0.378 e. The van der Waals surface area contributed by atoms with Gasteiger partial charge in [0.05, 0.1) is 12.1 Å². The number of rotatable bonds is 6. The number of amides is 2. The summed E-state index contributed by atoms with van der Waals surface area (Å²) in [6.07, 6.45) is 7.65. The highest BCUT2D eigenvalue weighted by Crippen LogP contribution is 2.41. The van der Waals surface area contributed by atoms with Crippen molar-refractivity contribution >= 4 is 17.4 Å². The lowest BCUT2D eigenvalue weighted by atomic mass is 10.2. The van der Waals surface area contributed by atoms with Crippen LogP contribution >= 0.6 is 11.3 Å². The fourth-order valence-electron chi connectivity index (χ4n) is 2.61. The smallest absolute Gasteiger partial charge is 0.315 e. The highest BCUT2D eigenvalue weighted by atomic mass is 32.1. The molecule has 2 N–H and O–H groups in total. The zero-order valence-electron chi connectivity index (χ0n) is 11.5. The average Bonchev–Trinajstić information content (AvgIpc) is 2.93. The van der Waals surface area contributed by atoms with Crippen molar-refractivity contribution in [2.75, 3.05) is 13.2 Å². The summed E-state index contributed by atoms with van der Waals surface area (Å²) in [5.41, 5.74) is 0. The predicted molar refractivity (Wildman–Crippen MR) is 77.7 cm³/mol. The molecule has 1 saturated heterocycles. The summed E-state index contributed by atoms with van der Waals surface area (Å²) in [5.74, 6) is 0.560. The van der Waals surface area contributed by atoms with Crippen LogP contribution in [0.4, 0.5) is 4.79 Å². The van der Waals surface area contributed by atoms with Crippen LogP contribution in [0, 0.1) is 5.92 Å². The van der Waals surface area contributed by atoms with Gasteiger partial charge in [-0.25, -0.2) is 9.78 Å². The van der Waals surface area contributed by atoms with E-state index >= 15 is 0 Å². The standard InChI is InChI=1S/C14H21N3O2S/c18-14(16-6-5-11-2-1-8-19-11)17-12(10-3-4-10)13-15-7-9-20-13/h7,9-12H,1-6,8H2,(H2,16,17,18)/t11-,12-/m1/s1. The molecule has 2 atom stereocenters. The van der Waals surface area contributed by atoms with Gasteiger partial charge in [0.1, 0.15) is 5.01 Å². The maximum Gasteiger partial charge on any atom is 0.315 e. The molecule has 6 heteroatoms. The van der Waals surface area contributed by atoms with Crippen LogP contribution in [0.1, 0.15) is 43.2 Å². The molecule has 2 fully saturated rings. The molecule has 3 rings (SSSR count). The van der Waals surface area contributed by atoms with E-state index < -0.39 is 0 Å². The molecule has 0 bridgehead atoms. The summed E-state index contributed by atoms with van der Waals surface area (Å²) in [6.45, 7) is 1.54. The molecule has 0 aromatic carbocycles. The van der Waals surface area contributed by atoms with E-state index in [0.717, 1.165) is 30.9 Å². The fourth-order valence-corrected chi connectivity index (χ4v) is 3.39. The number of urea groups is 1. The fraction of sp³-hybridized carbons (Fsp3) is 0.714. The third kappa shape index (κ3) is 3.70. The largest absolute Gasteiger partial charge is 0.378 e. The van der Waals surface area contributed by atoms with Crippen LogP contribution in [0.3, 0.4) is 0 Å². The number of hydrogen-bond donors (Lipinski definition) is 2. The van der Waals surface area contributed by atoms with Gasteiger partial charge in [0, 0.05) is 24.7 Å². The second-order valence-corrected chi connectivity index (χ2v) is 6.44. The minimum absolute atomic E-state index is 0.0812. The average molecular weight is 295 g/mol. The maximum absolute atomic E-state index is 12.0. The molecule has 0 radical (unpaired) electrons. The highest BCUT2D eigenvalue weighted by molar-refractivity contribution is 7.09. The molecule has 110 valence electrons. The SMILES string of the molecule is O=C(NCC[C@H]1CCCO1)N[C@@H](c1nccs1)C1CC1. The summed E-state index contributed by atoms with van der Waals surface area (Å²) in [6, 6.07) is -0.00664. The molecule has 2 amide bonds. The number of hydrogen-bond acceptors (Lipinski definition) is 4. The van der Waals surface area contributed by atoms with E-state index in [0.29, 0.717) is 18.6 Å². The number of carbonyl (C=O) groups excluding carboxylic acids is 1. The Bertz CT molecular complexity index is 428. The minimum atomic E-state index is -0.0879. The Morgan fingerprint density at radius 1 is 1.50 bits per heavy atom. The molecule has 0 spiro atoms. The van der Waals surface area contributed by atoms with Gasteiger partial charge in [-0.15, -0.1) is 11.3 Å². The van der Waals surface area contributed by atoms with Gasteiger partial charge in [0.15, 0.2) is 0 Å². The number of aromatic nitrogens is 1. The van der Waals surface area contributed by atoms with Crippen molar-refractivity contribution in [3.05, 3.63) is 16.6 Å². The van der Waals surface area contributed by atoms with Crippen LogP contribution in [-0.2, 0) is 4.74 Å². The number of carbonyl (C=O) groups is 1. The number of ether oxygens (including phenoxy) is 1. The van der Waals surface area contributed by atoms with Gasteiger partial charge in [-0.1, -0.05) is 0 Å². The Morgan fingerprint density at radius 2 is 2.40 bits per heavy atom. The molecular weight excluding hydrogens is 274 g/mol. The Labute approximate surface area is 123 Å². The highest BCUT2D eigenvalue weighted by Gasteiger charge is 2.34. The summed E-state index contributed by atoms with van der Waals surface area (Å²) >= 11 is 1.61. The Hall–Kier alpha value is -1.14. The third-order valence-corrected chi connectivity index (χ3v) is 4.73. The lowest BCUT2D eigenvalue weighted by Crippen LogP contribution is -2.39. The van der Waals surface area contributed by atoms with E-state index in [9.17, 15) is 4.79 Å². The van der Waals surface area contributed by atoms with Crippen molar-refractivity contribution in [1.82, 2.24) is 15.6 Å².